The van der Waals surface area contributed by atoms with Gasteiger partial charge in [-0.05, 0) is 66.3 Å². The second-order valence-electron chi connectivity index (χ2n) is 15.8. The molecular formula is C44H54ClN9O10. The summed E-state index contributed by atoms with van der Waals surface area (Å²) >= 11 is 5.95. The van der Waals surface area contributed by atoms with Crippen LogP contribution in [0.3, 0.4) is 0 Å². The summed E-state index contributed by atoms with van der Waals surface area (Å²) in [5, 5.41) is 35.7. The first-order valence-electron chi connectivity index (χ1n) is 20.4. The Bertz CT molecular complexity index is 2300. The molecule has 6 atom stereocenters. The molecule has 1 aromatic heterocycles. The summed E-state index contributed by atoms with van der Waals surface area (Å²) in [6, 6.07) is 11.7. The molecule has 0 spiro atoms. The number of benzene rings is 3. The SMILES string of the molecule is CC(C)C[C@H](NC(=O)[C@H](Cc1c[nH]c2ccccc12)NC(=O)CNC(=O)[C@H](Cc1ccc(O)cc1)NC(=O)[C@H](C)N)C(=O)N[C@@H](CC(=O)O)C(=O)N[C@@H](Cc1ccc(Cl)cc1)C(N)=O. The fourth-order valence-corrected chi connectivity index (χ4v) is 6.75. The number of nitrogens with one attached hydrogen (secondary N) is 7. The van der Waals surface area contributed by atoms with Gasteiger partial charge in [0.2, 0.25) is 41.4 Å². The highest BCUT2D eigenvalue weighted by Crippen LogP contribution is 2.20. The lowest BCUT2D eigenvalue weighted by Gasteiger charge is -2.27. The molecule has 64 heavy (non-hydrogen) atoms. The summed E-state index contributed by atoms with van der Waals surface area (Å²) in [7, 11) is 0. The van der Waals surface area contributed by atoms with Crippen molar-refractivity contribution in [1.82, 2.24) is 36.9 Å². The Morgan fingerprint density at radius 2 is 1.19 bits per heavy atom. The number of para-hydroxylation sites is 1. The van der Waals surface area contributed by atoms with E-state index in [0.29, 0.717) is 21.7 Å². The number of aromatic nitrogens is 1. The van der Waals surface area contributed by atoms with Gasteiger partial charge in [0.15, 0.2) is 0 Å². The largest absolute Gasteiger partial charge is 0.508 e. The average Bonchev–Trinajstić information content (AvgIpc) is 3.65. The first-order chi connectivity index (χ1) is 30.3. The number of carbonyl (C=O) groups excluding carboxylic acids is 7. The lowest BCUT2D eigenvalue weighted by atomic mass is 10.00. The highest BCUT2D eigenvalue weighted by molar-refractivity contribution is 6.30. The Morgan fingerprint density at radius 3 is 1.80 bits per heavy atom. The van der Waals surface area contributed by atoms with E-state index in [0.717, 1.165) is 10.9 Å². The minimum absolute atomic E-state index is 0.00461. The maximum absolute atomic E-state index is 14.2. The van der Waals surface area contributed by atoms with E-state index in [9.17, 15) is 48.6 Å². The smallest absolute Gasteiger partial charge is 0.305 e. The van der Waals surface area contributed by atoms with Crippen LogP contribution in [0.15, 0.2) is 79.0 Å². The molecule has 0 fully saturated rings. The van der Waals surface area contributed by atoms with Gasteiger partial charge in [0, 0.05) is 41.4 Å². The Hall–Kier alpha value is -6.99. The number of halogens is 1. The van der Waals surface area contributed by atoms with Crippen molar-refractivity contribution in [2.75, 3.05) is 6.54 Å². The highest BCUT2D eigenvalue weighted by atomic mass is 35.5. The number of aromatic hydroxyl groups is 1. The lowest BCUT2D eigenvalue weighted by molar-refractivity contribution is -0.141. The number of nitrogens with two attached hydrogens (primary N) is 2. The topological polar surface area (TPSA) is 317 Å². The van der Waals surface area contributed by atoms with Crippen molar-refractivity contribution in [3.05, 3.63) is 101 Å². The molecule has 0 radical (unpaired) electrons. The first kappa shape index (κ1) is 49.7. The third kappa shape index (κ3) is 15.4. The number of aromatic amines is 1. The molecule has 20 heteroatoms. The van der Waals surface area contributed by atoms with Crippen LogP contribution in [0.4, 0.5) is 0 Å². The van der Waals surface area contributed by atoms with Gasteiger partial charge in [-0.15, -0.1) is 0 Å². The number of fused-ring (bicyclic) bond motifs is 1. The Balaban J connectivity index is 1.53. The molecule has 0 saturated heterocycles. The van der Waals surface area contributed by atoms with Crippen LogP contribution in [0.2, 0.25) is 5.02 Å². The summed E-state index contributed by atoms with van der Waals surface area (Å²) in [5.74, 6) is -7.53. The number of phenols is 1. The second-order valence-corrected chi connectivity index (χ2v) is 16.2. The van der Waals surface area contributed by atoms with Gasteiger partial charge in [-0.25, -0.2) is 0 Å². The molecule has 4 rings (SSSR count). The summed E-state index contributed by atoms with van der Waals surface area (Å²) < 4.78 is 0. The number of primary amides is 1. The number of amides is 7. The third-order valence-electron chi connectivity index (χ3n) is 9.96. The monoisotopic (exact) mass is 903 g/mol. The third-order valence-corrected chi connectivity index (χ3v) is 10.2. The number of hydrogen-bond donors (Lipinski definition) is 11. The van der Waals surface area contributed by atoms with E-state index in [1.807, 2.05) is 18.2 Å². The molecule has 0 aliphatic rings. The number of rotatable bonds is 23. The van der Waals surface area contributed by atoms with Crippen LogP contribution in [0.25, 0.3) is 10.9 Å². The maximum atomic E-state index is 14.2. The number of phenolic OH excluding ortho intramolecular Hbond substituents is 1. The quantitative estimate of drug-likeness (QED) is 0.0486. The molecule has 4 aromatic rings. The summed E-state index contributed by atoms with van der Waals surface area (Å²) in [6.45, 7) is 4.33. The number of hydrogen-bond acceptors (Lipinski definition) is 10. The van der Waals surface area contributed by atoms with Crippen LogP contribution in [-0.2, 0) is 57.6 Å². The number of carbonyl (C=O) groups is 8. The average molecular weight is 904 g/mol. The van der Waals surface area contributed by atoms with Gasteiger partial charge in [0.25, 0.3) is 0 Å². The Kier molecular flexibility index (Phi) is 18.2. The minimum atomic E-state index is -1.70. The molecule has 3 aromatic carbocycles. The fraction of sp³-hybridized carbons (Fsp3) is 0.364. The zero-order chi connectivity index (χ0) is 47.1. The van der Waals surface area contributed by atoms with Crippen molar-refractivity contribution in [2.45, 2.75) is 89.1 Å². The number of aliphatic carboxylic acids is 1. The van der Waals surface area contributed by atoms with E-state index in [1.165, 1.54) is 19.1 Å². The predicted molar refractivity (Wildman–Crippen MR) is 236 cm³/mol. The van der Waals surface area contributed by atoms with Gasteiger partial charge in [-0.2, -0.15) is 0 Å². The van der Waals surface area contributed by atoms with Crippen LogP contribution in [-0.4, -0.2) is 105 Å². The normalized spacial score (nSPS) is 13.9. The number of H-pyrrole nitrogens is 1. The first-order valence-corrected chi connectivity index (χ1v) is 20.8. The molecule has 0 aliphatic carbocycles. The Morgan fingerprint density at radius 1 is 0.656 bits per heavy atom. The molecule has 0 unspecified atom stereocenters. The van der Waals surface area contributed by atoms with Crippen LogP contribution in [0, 0.1) is 5.92 Å². The molecule has 1 heterocycles. The van der Waals surface area contributed by atoms with E-state index >= 15 is 0 Å². The van der Waals surface area contributed by atoms with Crippen molar-refractivity contribution in [2.24, 2.45) is 17.4 Å². The minimum Gasteiger partial charge on any atom is -0.508 e. The van der Waals surface area contributed by atoms with Crippen LogP contribution < -0.4 is 43.4 Å². The molecular weight excluding hydrogens is 850 g/mol. The lowest BCUT2D eigenvalue weighted by Crippen LogP contribution is -2.59. The zero-order valence-corrected chi connectivity index (χ0v) is 36.2. The second kappa shape index (κ2) is 23.5. The zero-order valence-electron chi connectivity index (χ0n) is 35.5. The van der Waals surface area contributed by atoms with Crippen LogP contribution in [0.1, 0.15) is 50.3 Å². The molecule has 342 valence electrons. The van der Waals surface area contributed by atoms with Crippen molar-refractivity contribution in [1.29, 1.82) is 0 Å². The summed E-state index contributed by atoms with van der Waals surface area (Å²) in [6.07, 6.45) is 0.622. The van der Waals surface area contributed by atoms with Crippen LogP contribution >= 0.6 is 11.6 Å². The van der Waals surface area contributed by atoms with E-state index in [-0.39, 0.29) is 37.4 Å². The maximum Gasteiger partial charge on any atom is 0.305 e. The van der Waals surface area contributed by atoms with Gasteiger partial charge in [-0.3, -0.25) is 38.4 Å². The van der Waals surface area contributed by atoms with Gasteiger partial charge in [-0.1, -0.05) is 67.9 Å². The standard InChI is InChI=1S/C44H54ClN9O10/c1-23(2)16-33(42(62)54-36(20-38(57)58)44(64)51-32(39(47)59)17-25-8-12-28(45)13-9-25)53-43(63)35(19-27-21-48-31-7-5-4-6-30(27)31)50-37(56)22-49-41(61)34(52-40(60)24(3)46)18-26-10-14-29(55)15-11-26/h4-15,21,23-24,32-36,48,55H,16-20,22,46H2,1-3H3,(H2,47,59)(H,49,61)(H,50,56)(H,51,64)(H,52,60)(H,53,63)(H,54,62)(H,57,58)/t24-,32-,33-,34-,35-,36-/m0/s1. The van der Waals surface area contributed by atoms with Crippen LogP contribution in [0.5, 0.6) is 5.75 Å². The summed E-state index contributed by atoms with van der Waals surface area (Å²) in [5.41, 5.74) is 13.8. The van der Waals surface area contributed by atoms with Crippen molar-refractivity contribution < 1.29 is 48.6 Å². The Labute approximate surface area is 373 Å². The predicted octanol–water partition coefficient (Wildman–Crippen LogP) is 0.448. The molecule has 19 nitrogen and oxygen atoms in total. The van der Waals surface area contributed by atoms with E-state index in [1.54, 1.807) is 62.5 Å². The molecule has 0 bridgehead atoms. The number of carboxylic acids is 1. The van der Waals surface area contributed by atoms with Crippen molar-refractivity contribution in [3.63, 3.8) is 0 Å². The van der Waals surface area contributed by atoms with Gasteiger partial charge in [0.1, 0.15) is 36.0 Å². The van der Waals surface area contributed by atoms with Crippen molar-refractivity contribution >= 4 is 69.8 Å². The highest BCUT2D eigenvalue weighted by Gasteiger charge is 2.33. The van der Waals surface area contributed by atoms with E-state index in [4.69, 9.17) is 23.1 Å². The molecule has 0 saturated carbocycles. The van der Waals surface area contributed by atoms with Crippen molar-refractivity contribution in [3.8, 4) is 5.75 Å². The van der Waals surface area contributed by atoms with E-state index < -0.39 is 96.5 Å². The van der Waals surface area contributed by atoms with E-state index in [2.05, 4.69) is 36.9 Å². The van der Waals surface area contributed by atoms with Gasteiger partial charge >= 0.3 is 5.97 Å². The fourth-order valence-electron chi connectivity index (χ4n) is 6.63. The molecule has 0 aliphatic heterocycles. The van der Waals surface area contributed by atoms with Gasteiger partial charge in [0.05, 0.1) is 19.0 Å². The summed E-state index contributed by atoms with van der Waals surface area (Å²) in [4.78, 5) is 108. The molecule has 7 amide bonds. The number of carboxylic acid groups (broad SMARTS) is 1. The van der Waals surface area contributed by atoms with Gasteiger partial charge < -0.3 is 58.6 Å². The molecule has 13 N–H and O–H groups in total.